The summed E-state index contributed by atoms with van der Waals surface area (Å²) in [7, 11) is 0. The third-order valence-electron chi connectivity index (χ3n) is 2.75. The fourth-order valence-corrected chi connectivity index (χ4v) is 2.24. The van der Waals surface area contributed by atoms with Gasteiger partial charge in [-0.05, 0) is 29.8 Å². The maximum absolute atomic E-state index is 13.1. The van der Waals surface area contributed by atoms with Gasteiger partial charge in [0, 0.05) is 10.6 Å². The van der Waals surface area contributed by atoms with Crippen LogP contribution < -0.4 is 11.5 Å². The first-order valence-electron chi connectivity index (χ1n) is 5.41. The summed E-state index contributed by atoms with van der Waals surface area (Å²) in [6.07, 6.45) is -4.56. The Labute approximate surface area is 123 Å². The summed E-state index contributed by atoms with van der Waals surface area (Å²) < 4.78 is 39.2. The third kappa shape index (κ3) is 2.78. The molecule has 0 aromatic heterocycles. The lowest BCUT2D eigenvalue weighted by atomic mass is 9.98. The molecule has 2 rings (SSSR count). The summed E-state index contributed by atoms with van der Waals surface area (Å²) in [6, 6.07) is 6.09. The molecular formula is C13H9Cl2F3N2. The van der Waals surface area contributed by atoms with Crippen molar-refractivity contribution in [3.8, 4) is 11.1 Å². The molecule has 0 aliphatic rings. The molecule has 0 saturated heterocycles. The van der Waals surface area contributed by atoms with Gasteiger partial charge in [-0.1, -0.05) is 29.3 Å². The van der Waals surface area contributed by atoms with Gasteiger partial charge in [-0.25, -0.2) is 0 Å². The van der Waals surface area contributed by atoms with Gasteiger partial charge >= 0.3 is 6.18 Å². The Balaban J connectivity index is 2.73. The number of alkyl halides is 3. The molecule has 20 heavy (non-hydrogen) atoms. The average Bonchev–Trinajstić information content (AvgIpc) is 2.33. The Morgan fingerprint density at radius 3 is 2.05 bits per heavy atom. The number of hydrogen-bond donors (Lipinski definition) is 2. The van der Waals surface area contributed by atoms with Crippen LogP contribution in [0.15, 0.2) is 30.3 Å². The molecule has 2 aromatic carbocycles. The van der Waals surface area contributed by atoms with E-state index in [-0.39, 0.29) is 32.5 Å². The SMILES string of the molecule is Nc1cc(Cl)c(-c2ccc(Cl)cc2C(F)(F)F)cc1N. The van der Waals surface area contributed by atoms with Crippen LogP contribution in [0.25, 0.3) is 11.1 Å². The molecule has 0 unspecified atom stereocenters. The van der Waals surface area contributed by atoms with Crippen LogP contribution in [0.3, 0.4) is 0 Å². The Hall–Kier alpha value is -1.59. The molecule has 0 aliphatic carbocycles. The molecule has 4 N–H and O–H groups in total. The van der Waals surface area contributed by atoms with Crippen molar-refractivity contribution in [3.05, 3.63) is 45.9 Å². The molecule has 0 radical (unpaired) electrons. The van der Waals surface area contributed by atoms with Gasteiger partial charge in [0.25, 0.3) is 0 Å². The van der Waals surface area contributed by atoms with Crippen LogP contribution in [0.5, 0.6) is 0 Å². The highest BCUT2D eigenvalue weighted by atomic mass is 35.5. The van der Waals surface area contributed by atoms with Gasteiger partial charge in [0.2, 0.25) is 0 Å². The quantitative estimate of drug-likeness (QED) is 0.738. The number of anilines is 2. The van der Waals surface area contributed by atoms with Crippen LogP contribution in [-0.2, 0) is 6.18 Å². The smallest absolute Gasteiger partial charge is 0.397 e. The molecule has 7 heteroatoms. The predicted molar refractivity (Wildman–Crippen MR) is 75.7 cm³/mol. The van der Waals surface area contributed by atoms with Crippen molar-refractivity contribution in [1.82, 2.24) is 0 Å². The molecule has 2 nitrogen and oxygen atoms in total. The molecule has 106 valence electrons. The van der Waals surface area contributed by atoms with Gasteiger partial charge in [-0.2, -0.15) is 13.2 Å². The molecule has 0 spiro atoms. The van der Waals surface area contributed by atoms with Crippen LogP contribution in [0.4, 0.5) is 24.5 Å². The number of nitrogens with two attached hydrogens (primary N) is 2. The highest BCUT2D eigenvalue weighted by Gasteiger charge is 2.34. The van der Waals surface area contributed by atoms with Crippen molar-refractivity contribution in [2.75, 3.05) is 11.5 Å². The summed E-state index contributed by atoms with van der Waals surface area (Å²) in [4.78, 5) is 0. The number of halogens is 5. The minimum Gasteiger partial charge on any atom is -0.397 e. The van der Waals surface area contributed by atoms with Gasteiger partial charge < -0.3 is 11.5 Å². The number of hydrogen-bond acceptors (Lipinski definition) is 2. The van der Waals surface area contributed by atoms with E-state index in [2.05, 4.69) is 0 Å². The summed E-state index contributed by atoms with van der Waals surface area (Å²) in [5.41, 5.74) is 10.7. The van der Waals surface area contributed by atoms with Crippen LogP contribution in [0, 0.1) is 0 Å². The molecule has 0 amide bonds. The van der Waals surface area contributed by atoms with E-state index < -0.39 is 11.7 Å². The first-order chi connectivity index (χ1) is 9.20. The molecule has 0 heterocycles. The Morgan fingerprint density at radius 1 is 0.850 bits per heavy atom. The Morgan fingerprint density at radius 2 is 1.45 bits per heavy atom. The highest BCUT2D eigenvalue weighted by Crippen LogP contribution is 2.42. The maximum atomic E-state index is 13.1. The fourth-order valence-electron chi connectivity index (χ4n) is 1.80. The Kier molecular flexibility index (Phi) is 3.75. The summed E-state index contributed by atoms with van der Waals surface area (Å²) >= 11 is 11.6. The normalized spacial score (nSPS) is 11.7. The van der Waals surface area contributed by atoms with Crippen molar-refractivity contribution in [2.24, 2.45) is 0 Å². The monoisotopic (exact) mass is 320 g/mol. The summed E-state index contributed by atoms with van der Waals surface area (Å²) in [5.74, 6) is 0. The zero-order chi connectivity index (χ0) is 15.1. The van der Waals surface area contributed by atoms with Gasteiger partial charge in [-0.15, -0.1) is 0 Å². The lowest BCUT2D eigenvalue weighted by Crippen LogP contribution is -2.07. The van der Waals surface area contributed by atoms with Crippen molar-refractivity contribution in [2.45, 2.75) is 6.18 Å². The first-order valence-corrected chi connectivity index (χ1v) is 6.17. The van der Waals surface area contributed by atoms with E-state index >= 15 is 0 Å². The van der Waals surface area contributed by atoms with E-state index in [0.29, 0.717) is 0 Å². The maximum Gasteiger partial charge on any atom is 0.417 e. The second kappa shape index (κ2) is 5.07. The molecule has 0 saturated carbocycles. The van der Waals surface area contributed by atoms with Crippen molar-refractivity contribution >= 4 is 34.6 Å². The second-order valence-electron chi connectivity index (χ2n) is 4.15. The summed E-state index contributed by atoms with van der Waals surface area (Å²) in [6.45, 7) is 0. The van der Waals surface area contributed by atoms with Crippen LogP contribution in [0.2, 0.25) is 10.0 Å². The largest absolute Gasteiger partial charge is 0.417 e. The predicted octanol–water partition coefficient (Wildman–Crippen LogP) is 4.84. The van der Waals surface area contributed by atoms with E-state index in [9.17, 15) is 13.2 Å². The molecule has 0 bridgehead atoms. The van der Waals surface area contributed by atoms with Crippen LogP contribution in [-0.4, -0.2) is 0 Å². The van der Waals surface area contributed by atoms with Crippen molar-refractivity contribution in [1.29, 1.82) is 0 Å². The first kappa shape index (κ1) is 14.8. The van der Waals surface area contributed by atoms with Gasteiger partial charge in [0.05, 0.1) is 22.0 Å². The topological polar surface area (TPSA) is 52.0 Å². The van der Waals surface area contributed by atoms with E-state index in [1.807, 2.05) is 0 Å². The van der Waals surface area contributed by atoms with E-state index in [1.165, 1.54) is 24.3 Å². The van der Waals surface area contributed by atoms with Crippen LogP contribution >= 0.6 is 23.2 Å². The molecule has 2 aromatic rings. The molecule has 0 aliphatic heterocycles. The van der Waals surface area contributed by atoms with Gasteiger partial charge in [0.15, 0.2) is 0 Å². The molecule has 0 fully saturated rings. The van der Waals surface area contributed by atoms with Crippen LogP contribution in [0.1, 0.15) is 5.56 Å². The number of benzene rings is 2. The van der Waals surface area contributed by atoms with E-state index in [0.717, 1.165) is 6.07 Å². The minimum absolute atomic E-state index is 0.0133. The van der Waals surface area contributed by atoms with Gasteiger partial charge in [-0.3, -0.25) is 0 Å². The zero-order valence-corrected chi connectivity index (χ0v) is 11.4. The second-order valence-corrected chi connectivity index (χ2v) is 4.99. The number of nitrogen functional groups attached to an aromatic ring is 2. The van der Waals surface area contributed by atoms with E-state index in [1.54, 1.807) is 0 Å². The Bertz CT molecular complexity index is 669. The number of rotatable bonds is 1. The standard InChI is InChI=1S/C13H9Cl2F3N2/c14-6-1-2-7(9(3-6)13(16,17)18)8-4-11(19)12(20)5-10(8)15/h1-5H,19-20H2. The van der Waals surface area contributed by atoms with Gasteiger partial charge in [0.1, 0.15) is 0 Å². The average molecular weight is 321 g/mol. The lowest BCUT2D eigenvalue weighted by Gasteiger charge is -2.15. The minimum atomic E-state index is -4.56. The lowest BCUT2D eigenvalue weighted by molar-refractivity contribution is -0.137. The van der Waals surface area contributed by atoms with Crippen molar-refractivity contribution in [3.63, 3.8) is 0 Å². The molecular weight excluding hydrogens is 312 g/mol. The van der Waals surface area contributed by atoms with Crippen molar-refractivity contribution < 1.29 is 13.2 Å². The third-order valence-corrected chi connectivity index (χ3v) is 3.30. The summed E-state index contributed by atoms with van der Waals surface area (Å²) in [5, 5.41) is 0.0742. The van der Waals surface area contributed by atoms with E-state index in [4.69, 9.17) is 34.7 Å². The fraction of sp³-hybridized carbons (Fsp3) is 0.0769. The highest BCUT2D eigenvalue weighted by molar-refractivity contribution is 6.34. The zero-order valence-electron chi connectivity index (χ0n) is 9.93. The molecule has 0 atom stereocenters.